The molecule has 0 aromatic heterocycles. The zero-order valence-corrected chi connectivity index (χ0v) is 12.3. The Labute approximate surface area is 127 Å². The number of hydrogen-bond donors (Lipinski definition) is 3. The maximum atomic E-state index is 9.55. The van der Waals surface area contributed by atoms with Crippen molar-refractivity contribution in [2.45, 2.75) is 0 Å². The summed E-state index contributed by atoms with van der Waals surface area (Å²) in [6, 6.07) is 0. The molecule has 0 fully saturated rings. The van der Waals surface area contributed by atoms with Crippen LogP contribution in [0.5, 0.6) is 0 Å². The van der Waals surface area contributed by atoms with Crippen molar-refractivity contribution in [1.29, 1.82) is 0 Å². The van der Waals surface area contributed by atoms with Crippen molar-refractivity contribution < 1.29 is 79.5 Å². The predicted molar refractivity (Wildman–Crippen MR) is 46.2 cm³/mol. The third-order valence-electron chi connectivity index (χ3n) is 0.730. The Morgan fingerprint density at radius 3 is 1.06 bits per heavy atom. The Bertz CT molecular complexity index is 277. The van der Waals surface area contributed by atoms with Crippen LogP contribution in [-0.2, 0) is 19.2 Å². The largest absolute Gasteiger partial charge is 0.545 e. The Balaban J connectivity index is -0.000000218. The van der Waals surface area contributed by atoms with Gasteiger partial charge in [-0.1, -0.05) is 0 Å². The van der Waals surface area contributed by atoms with Gasteiger partial charge in [-0.15, -0.1) is 0 Å². The Morgan fingerprint density at radius 2 is 0.941 bits per heavy atom. The first-order valence-electron chi connectivity index (χ1n) is 3.51. The molecule has 0 aliphatic rings. The summed E-state index contributed by atoms with van der Waals surface area (Å²) in [5, 5.41) is 32.9. The van der Waals surface area contributed by atoms with Crippen LogP contribution in [0.25, 0.3) is 0 Å². The molecule has 0 bridgehead atoms. The van der Waals surface area contributed by atoms with Gasteiger partial charge in [0.1, 0.15) is 0 Å². The molecule has 0 atom stereocenters. The van der Waals surface area contributed by atoms with Gasteiger partial charge in [-0.25, -0.2) is 14.4 Å². The molecule has 0 aromatic carbocycles. The van der Waals surface area contributed by atoms with Crippen molar-refractivity contribution in [3.63, 3.8) is 0 Å². The summed E-state index contributed by atoms with van der Waals surface area (Å²) in [5.74, 6) is -5.32. The molecule has 3 N–H and O–H groups in total. The normalized spacial score (nSPS) is 8.94. The minimum Gasteiger partial charge on any atom is -0.545 e. The molecule has 9 heteroatoms. The van der Waals surface area contributed by atoms with E-state index in [2.05, 4.69) is 0 Å². The number of carbonyl (C=O) groups is 4. The van der Waals surface area contributed by atoms with Crippen LogP contribution < -0.4 is 5.11 Å². The Morgan fingerprint density at radius 1 is 0.706 bits per heavy atom. The van der Waals surface area contributed by atoms with Gasteiger partial charge in [-0.2, -0.15) is 0 Å². The second kappa shape index (κ2) is 12.8. The summed E-state index contributed by atoms with van der Waals surface area (Å²) in [4.78, 5) is 38.1. The third kappa shape index (κ3) is 31.3. The number of rotatable bonds is 4. The van der Waals surface area contributed by atoms with Crippen LogP contribution in [0.3, 0.4) is 0 Å². The van der Waals surface area contributed by atoms with Gasteiger partial charge in [0.25, 0.3) is 0 Å². The fourth-order valence-electron chi connectivity index (χ4n) is 0.282. The van der Waals surface area contributed by atoms with Crippen molar-refractivity contribution in [3.05, 3.63) is 24.3 Å². The first kappa shape index (κ1) is 21.0. The average Bonchev–Trinajstić information content (AvgIpc) is 2.12. The predicted octanol–water partition coefficient (Wildman–Crippen LogP) is -1.91. The monoisotopic (exact) mass is 463 g/mol. The summed E-state index contributed by atoms with van der Waals surface area (Å²) in [6.45, 7) is 0. The van der Waals surface area contributed by atoms with E-state index in [9.17, 15) is 24.3 Å². The van der Waals surface area contributed by atoms with E-state index in [1.807, 2.05) is 0 Å². The van der Waals surface area contributed by atoms with Crippen molar-refractivity contribution in [3.8, 4) is 0 Å². The van der Waals surface area contributed by atoms with E-state index < -0.39 is 23.9 Å². The molecule has 0 radical (unpaired) electrons. The summed E-state index contributed by atoms with van der Waals surface area (Å²) < 4.78 is 0. The van der Waals surface area contributed by atoms with Crippen molar-refractivity contribution in [2.24, 2.45) is 0 Å². The smallest absolute Gasteiger partial charge is 0.328 e. The SMILES string of the molecule is O=C(O)/C=C/C(=O)O.O=C([O-])/C=C/C(=O)O.[Th]. The summed E-state index contributed by atoms with van der Waals surface area (Å²) in [5.41, 5.74) is 0. The fraction of sp³-hybridized carbons (Fsp3) is 0. The molecule has 0 aliphatic heterocycles. The molecule has 0 unspecified atom stereocenters. The van der Waals surface area contributed by atoms with E-state index in [1.165, 1.54) is 0 Å². The molecule has 0 saturated carbocycles. The molecule has 0 aliphatic carbocycles. The molecular weight excluding hydrogens is 456 g/mol. The minimum absolute atomic E-state index is 0. The maximum Gasteiger partial charge on any atom is 0.328 e. The molecule has 0 heterocycles. The van der Waals surface area contributed by atoms with Gasteiger partial charge in [-0.3, -0.25) is 0 Å². The van der Waals surface area contributed by atoms with Crippen LogP contribution in [0, 0.1) is 39.9 Å². The van der Waals surface area contributed by atoms with Crippen LogP contribution in [0.1, 0.15) is 0 Å². The van der Waals surface area contributed by atoms with Gasteiger partial charge in [0.15, 0.2) is 0 Å². The summed E-state index contributed by atoms with van der Waals surface area (Å²) >= 11 is 0. The summed E-state index contributed by atoms with van der Waals surface area (Å²) in [7, 11) is 0. The number of carbonyl (C=O) groups excluding carboxylic acids is 1. The average molecular weight is 463 g/mol. The molecule has 0 amide bonds. The minimum atomic E-state index is -1.51. The molecule has 0 saturated heterocycles. The molecule has 92 valence electrons. The van der Waals surface area contributed by atoms with Gasteiger partial charge >= 0.3 is 17.9 Å². The molecule has 8 nitrogen and oxygen atoms in total. The standard InChI is InChI=1S/2C4H4O4.Th/c2*5-3(6)1-2-4(7)8;/h2*1-2H,(H,5,6)(H,7,8);/p-1/b2*2-1+;. The van der Waals surface area contributed by atoms with E-state index in [4.69, 9.17) is 15.3 Å². The zero-order valence-electron chi connectivity index (χ0n) is 8.19. The van der Waals surface area contributed by atoms with Gasteiger partial charge in [0.05, 0.1) is 5.97 Å². The quantitative estimate of drug-likeness (QED) is 0.409. The second-order valence-corrected chi connectivity index (χ2v) is 2.00. The Hall–Kier alpha value is -1.32. The number of hydrogen-bond acceptors (Lipinski definition) is 5. The molecular formula is C8H7O8Th-. The van der Waals surface area contributed by atoms with Crippen LogP contribution in [-0.4, -0.2) is 39.2 Å². The van der Waals surface area contributed by atoms with Gasteiger partial charge in [0, 0.05) is 58.2 Å². The molecule has 17 heavy (non-hydrogen) atoms. The number of carboxylic acids is 4. The second-order valence-electron chi connectivity index (χ2n) is 2.00. The van der Waals surface area contributed by atoms with Crippen LogP contribution in [0.4, 0.5) is 0 Å². The van der Waals surface area contributed by atoms with Gasteiger partial charge in [0.2, 0.25) is 0 Å². The van der Waals surface area contributed by atoms with E-state index in [0.29, 0.717) is 24.3 Å². The van der Waals surface area contributed by atoms with Crippen molar-refractivity contribution >= 4 is 23.9 Å². The first-order valence-corrected chi connectivity index (χ1v) is 3.51. The number of carboxylic acid groups (broad SMARTS) is 4. The Kier molecular flexibility index (Phi) is 15.8. The topological polar surface area (TPSA) is 152 Å². The fourth-order valence-corrected chi connectivity index (χ4v) is 0.282. The van der Waals surface area contributed by atoms with Gasteiger partial charge < -0.3 is 25.2 Å². The zero-order chi connectivity index (χ0) is 13.1. The van der Waals surface area contributed by atoms with Gasteiger partial charge in [-0.05, 0) is 6.08 Å². The van der Waals surface area contributed by atoms with E-state index in [0.717, 1.165) is 0 Å². The van der Waals surface area contributed by atoms with Crippen LogP contribution in [0.2, 0.25) is 0 Å². The number of aliphatic carboxylic acids is 4. The van der Waals surface area contributed by atoms with Crippen molar-refractivity contribution in [2.75, 3.05) is 0 Å². The molecule has 0 rings (SSSR count). The van der Waals surface area contributed by atoms with Crippen molar-refractivity contribution in [1.82, 2.24) is 0 Å². The van der Waals surface area contributed by atoms with Crippen LogP contribution >= 0.6 is 0 Å². The first-order chi connectivity index (χ1) is 7.25. The summed E-state index contributed by atoms with van der Waals surface area (Å²) in [6.07, 6.45) is 2.06. The van der Waals surface area contributed by atoms with E-state index in [1.54, 1.807) is 0 Å². The molecule has 0 aromatic rings. The third-order valence-corrected chi connectivity index (χ3v) is 0.730. The van der Waals surface area contributed by atoms with E-state index >= 15 is 0 Å². The maximum absolute atomic E-state index is 9.55. The molecule has 0 spiro atoms. The van der Waals surface area contributed by atoms with E-state index in [-0.39, 0.29) is 39.9 Å². The van der Waals surface area contributed by atoms with Crippen LogP contribution in [0.15, 0.2) is 24.3 Å².